The largest absolute Gasteiger partial charge is 0.439 e. The topological polar surface area (TPSA) is 117 Å². The van der Waals surface area contributed by atoms with E-state index in [4.69, 9.17) is 0 Å². The first kappa shape index (κ1) is 18.6. The van der Waals surface area contributed by atoms with Crippen LogP contribution in [0, 0.1) is 11.3 Å². The fourth-order valence-electron chi connectivity index (χ4n) is 2.68. The molecule has 0 unspecified atom stereocenters. The summed E-state index contributed by atoms with van der Waals surface area (Å²) < 4.78 is 32.9. The first-order chi connectivity index (χ1) is 12.9. The van der Waals surface area contributed by atoms with Crippen LogP contribution in [-0.2, 0) is 19.6 Å². The van der Waals surface area contributed by atoms with Crippen LogP contribution in [0.1, 0.15) is 17.2 Å². The molecule has 2 aromatic carbocycles. The normalized spacial score (nSPS) is 15.3. The number of amides is 2. The van der Waals surface area contributed by atoms with Crippen LogP contribution in [0.3, 0.4) is 0 Å². The SMILES string of the molecule is N#Cc1ccccc1S(=O)(=O)N[C@H](CN1C(=O)COC1=O)c1ccccc1. The summed E-state index contributed by atoms with van der Waals surface area (Å²) in [6.07, 6.45) is -0.822. The first-order valence-electron chi connectivity index (χ1n) is 7.96. The number of nitriles is 1. The van der Waals surface area contributed by atoms with Crippen molar-refractivity contribution in [1.82, 2.24) is 9.62 Å². The third-order valence-corrected chi connectivity index (χ3v) is 5.53. The van der Waals surface area contributed by atoms with Crippen molar-refractivity contribution in [3.05, 3.63) is 65.7 Å². The molecule has 27 heavy (non-hydrogen) atoms. The highest BCUT2D eigenvalue weighted by Gasteiger charge is 2.35. The van der Waals surface area contributed by atoms with Crippen molar-refractivity contribution in [2.24, 2.45) is 0 Å². The molecule has 1 fully saturated rings. The molecule has 1 N–H and O–H groups in total. The lowest BCUT2D eigenvalue weighted by atomic mass is 10.1. The number of hydrogen-bond acceptors (Lipinski definition) is 6. The number of carbonyl (C=O) groups excluding carboxylic acids is 2. The zero-order valence-electron chi connectivity index (χ0n) is 14.0. The number of sulfonamides is 1. The number of nitrogens with zero attached hydrogens (tertiary/aromatic N) is 2. The number of nitrogens with one attached hydrogen (secondary N) is 1. The molecule has 8 nitrogen and oxygen atoms in total. The summed E-state index contributed by atoms with van der Waals surface area (Å²) in [5, 5.41) is 9.18. The molecule has 138 valence electrons. The Balaban J connectivity index is 1.95. The lowest BCUT2D eigenvalue weighted by Crippen LogP contribution is -2.40. The molecule has 0 saturated carbocycles. The summed E-state index contributed by atoms with van der Waals surface area (Å²) >= 11 is 0. The maximum absolute atomic E-state index is 12.9. The minimum atomic E-state index is -4.09. The third kappa shape index (κ3) is 3.97. The minimum Gasteiger partial charge on any atom is -0.439 e. The van der Waals surface area contributed by atoms with Gasteiger partial charge in [0.25, 0.3) is 5.91 Å². The van der Waals surface area contributed by atoms with Gasteiger partial charge in [0.15, 0.2) is 6.61 Å². The van der Waals surface area contributed by atoms with E-state index in [0.717, 1.165) is 4.90 Å². The summed E-state index contributed by atoms with van der Waals surface area (Å²) in [7, 11) is -4.09. The van der Waals surface area contributed by atoms with E-state index in [1.165, 1.54) is 18.2 Å². The molecule has 0 aliphatic carbocycles. The predicted molar refractivity (Wildman–Crippen MR) is 93.7 cm³/mol. The maximum atomic E-state index is 12.9. The number of benzene rings is 2. The van der Waals surface area contributed by atoms with E-state index in [1.807, 2.05) is 6.07 Å². The van der Waals surface area contributed by atoms with Gasteiger partial charge in [-0.05, 0) is 17.7 Å². The van der Waals surface area contributed by atoms with Gasteiger partial charge in [0.1, 0.15) is 6.07 Å². The van der Waals surface area contributed by atoms with Crippen LogP contribution in [0.2, 0.25) is 0 Å². The molecule has 1 saturated heterocycles. The molecule has 1 aliphatic rings. The minimum absolute atomic E-state index is 0.00605. The van der Waals surface area contributed by atoms with Gasteiger partial charge in [0.05, 0.1) is 23.0 Å². The van der Waals surface area contributed by atoms with E-state index in [1.54, 1.807) is 36.4 Å². The average molecular weight is 385 g/mol. The fourth-order valence-corrected chi connectivity index (χ4v) is 4.05. The van der Waals surface area contributed by atoms with E-state index in [2.05, 4.69) is 9.46 Å². The Kier molecular flexibility index (Phi) is 5.21. The average Bonchev–Trinajstić information content (AvgIpc) is 3.00. The van der Waals surface area contributed by atoms with E-state index in [0.29, 0.717) is 5.56 Å². The van der Waals surface area contributed by atoms with Gasteiger partial charge in [-0.1, -0.05) is 42.5 Å². The molecule has 2 aromatic rings. The van der Waals surface area contributed by atoms with Gasteiger partial charge < -0.3 is 4.74 Å². The summed E-state index contributed by atoms with van der Waals surface area (Å²) in [5.74, 6) is -0.544. The van der Waals surface area contributed by atoms with Crippen LogP contribution in [0.15, 0.2) is 59.5 Å². The van der Waals surface area contributed by atoms with Crippen LogP contribution in [0.25, 0.3) is 0 Å². The highest BCUT2D eigenvalue weighted by molar-refractivity contribution is 7.89. The number of imide groups is 1. The lowest BCUT2D eigenvalue weighted by Gasteiger charge is -2.23. The van der Waals surface area contributed by atoms with Crippen molar-refractivity contribution in [2.45, 2.75) is 10.9 Å². The summed E-state index contributed by atoms with van der Waals surface area (Å²) in [6, 6.07) is 15.3. The van der Waals surface area contributed by atoms with Crippen molar-refractivity contribution < 1.29 is 22.7 Å². The molecule has 0 spiro atoms. The van der Waals surface area contributed by atoms with E-state index < -0.39 is 28.1 Å². The van der Waals surface area contributed by atoms with Gasteiger partial charge in [0.2, 0.25) is 10.0 Å². The molecule has 1 heterocycles. The van der Waals surface area contributed by atoms with Crippen molar-refractivity contribution in [1.29, 1.82) is 5.26 Å². The standard InChI is InChI=1S/C18H15N3O5S/c19-10-14-8-4-5-9-16(14)27(24,25)20-15(13-6-2-1-3-7-13)11-21-17(22)12-26-18(21)23/h1-9,15,20H,11-12H2/t15-/m1/s1. The van der Waals surface area contributed by atoms with Crippen LogP contribution < -0.4 is 4.72 Å². The number of ether oxygens (including phenoxy) is 1. The molecule has 0 radical (unpaired) electrons. The second kappa shape index (κ2) is 7.57. The van der Waals surface area contributed by atoms with Gasteiger partial charge in [-0.25, -0.2) is 22.8 Å². The summed E-state index contributed by atoms with van der Waals surface area (Å²) in [4.78, 5) is 24.3. The lowest BCUT2D eigenvalue weighted by molar-refractivity contribution is -0.126. The fraction of sp³-hybridized carbons (Fsp3) is 0.167. The molecule has 3 rings (SSSR count). The zero-order chi connectivity index (χ0) is 19.4. The van der Waals surface area contributed by atoms with Gasteiger partial charge in [0, 0.05) is 0 Å². The Labute approximate surface area is 156 Å². The van der Waals surface area contributed by atoms with Crippen molar-refractivity contribution in [3.63, 3.8) is 0 Å². The van der Waals surface area contributed by atoms with Gasteiger partial charge in [-0.3, -0.25) is 4.79 Å². The van der Waals surface area contributed by atoms with E-state index >= 15 is 0 Å². The second-order valence-corrected chi connectivity index (χ2v) is 7.43. The Morgan fingerprint density at radius 2 is 1.78 bits per heavy atom. The van der Waals surface area contributed by atoms with Crippen molar-refractivity contribution in [2.75, 3.05) is 13.2 Å². The zero-order valence-corrected chi connectivity index (χ0v) is 14.8. The summed E-state index contributed by atoms with van der Waals surface area (Å²) in [5.41, 5.74) is 0.552. The Morgan fingerprint density at radius 3 is 2.41 bits per heavy atom. The Bertz CT molecular complexity index is 999. The molecular formula is C18H15N3O5S. The molecular weight excluding hydrogens is 370 g/mol. The van der Waals surface area contributed by atoms with E-state index in [-0.39, 0.29) is 23.6 Å². The van der Waals surface area contributed by atoms with E-state index in [9.17, 15) is 23.3 Å². The van der Waals surface area contributed by atoms with Gasteiger partial charge in [-0.15, -0.1) is 0 Å². The smallest absolute Gasteiger partial charge is 0.417 e. The Morgan fingerprint density at radius 1 is 1.11 bits per heavy atom. The highest BCUT2D eigenvalue weighted by Crippen LogP contribution is 2.22. The molecule has 1 aliphatic heterocycles. The van der Waals surface area contributed by atoms with Gasteiger partial charge in [-0.2, -0.15) is 5.26 Å². The predicted octanol–water partition coefficient (Wildman–Crippen LogP) is 1.56. The quantitative estimate of drug-likeness (QED) is 0.806. The number of rotatable bonds is 6. The molecule has 2 amide bonds. The van der Waals surface area contributed by atoms with Crippen molar-refractivity contribution >= 4 is 22.0 Å². The monoisotopic (exact) mass is 385 g/mol. The van der Waals surface area contributed by atoms with Crippen LogP contribution >= 0.6 is 0 Å². The van der Waals surface area contributed by atoms with Crippen LogP contribution in [-0.4, -0.2) is 38.5 Å². The second-order valence-electron chi connectivity index (χ2n) is 5.75. The molecule has 9 heteroatoms. The maximum Gasteiger partial charge on any atom is 0.417 e. The third-order valence-electron chi connectivity index (χ3n) is 4.00. The first-order valence-corrected chi connectivity index (χ1v) is 9.44. The number of carbonyl (C=O) groups is 2. The summed E-state index contributed by atoms with van der Waals surface area (Å²) in [6.45, 7) is -0.597. The molecule has 1 atom stereocenters. The van der Waals surface area contributed by atoms with Crippen molar-refractivity contribution in [3.8, 4) is 6.07 Å². The van der Waals surface area contributed by atoms with Gasteiger partial charge >= 0.3 is 6.09 Å². The number of cyclic esters (lactones) is 1. The van der Waals surface area contributed by atoms with Crippen LogP contribution in [0.5, 0.6) is 0 Å². The molecule has 0 bridgehead atoms. The molecule has 0 aromatic heterocycles. The highest BCUT2D eigenvalue weighted by atomic mass is 32.2. The number of hydrogen-bond donors (Lipinski definition) is 1. The Hall–Kier alpha value is -3.22. The van der Waals surface area contributed by atoms with Crippen LogP contribution in [0.4, 0.5) is 4.79 Å².